The van der Waals surface area contributed by atoms with Crippen molar-refractivity contribution in [3.05, 3.63) is 0 Å². The van der Waals surface area contributed by atoms with Crippen LogP contribution in [0, 0.1) is 29.1 Å². The average Bonchev–Trinajstić information content (AvgIpc) is 2.72. The highest BCUT2D eigenvalue weighted by Crippen LogP contribution is 2.40. The molecular formula is C29H57ClO7. The average molecular weight is 553 g/mol. The van der Waals surface area contributed by atoms with Crippen molar-refractivity contribution in [1.29, 1.82) is 0 Å². The van der Waals surface area contributed by atoms with Gasteiger partial charge in [-0.25, -0.2) is 0 Å². The number of aliphatic carboxylic acids is 1. The molecule has 0 aromatic carbocycles. The first-order valence-corrected chi connectivity index (χ1v) is 12.6. The summed E-state index contributed by atoms with van der Waals surface area (Å²) in [6, 6.07) is 0. The Balaban J connectivity index is -0.00000289. The molecule has 1 heterocycles. The zero-order chi connectivity index (χ0) is 25.0. The molecule has 1 aliphatic heterocycles. The van der Waals surface area contributed by atoms with Crippen LogP contribution in [0.1, 0.15) is 116 Å². The topological polar surface area (TPSA) is 99.1 Å². The van der Waals surface area contributed by atoms with Gasteiger partial charge in [0.25, 0.3) is 0 Å². The molecule has 0 radical (unpaired) electrons. The van der Waals surface area contributed by atoms with Gasteiger partial charge in [-0.15, -0.1) is 11.6 Å². The number of hydrogen-bond acceptors (Lipinski definition) is 6. The standard InChI is InChI=1S/C25H41ClO7.4CH4/c1-15(2)17-11-10-16(3)13-19(17)32-21(27)18(25(6,26)22(28)29)14-24(4,5)23(30)33-20-9-7-8-12-31-20;;;;/h15-20H,7-14H2,1-6H3,(H,28,29);4*1H4. The van der Waals surface area contributed by atoms with E-state index in [9.17, 15) is 19.5 Å². The molecular weight excluding hydrogens is 496 g/mol. The van der Waals surface area contributed by atoms with Gasteiger partial charge in [0.05, 0.1) is 17.9 Å². The van der Waals surface area contributed by atoms with Crippen LogP contribution in [0.4, 0.5) is 0 Å². The van der Waals surface area contributed by atoms with Crippen LogP contribution in [0.3, 0.4) is 0 Å². The zero-order valence-electron chi connectivity index (χ0n) is 20.9. The maximum atomic E-state index is 13.4. The molecule has 8 heteroatoms. The van der Waals surface area contributed by atoms with E-state index in [0.29, 0.717) is 24.9 Å². The second kappa shape index (κ2) is 16.6. The van der Waals surface area contributed by atoms with E-state index in [1.807, 2.05) is 0 Å². The van der Waals surface area contributed by atoms with Crippen molar-refractivity contribution in [1.82, 2.24) is 0 Å². The van der Waals surface area contributed by atoms with E-state index in [1.54, 1.807) is 13.8 Å². The van der Waals surface area contributed by atoms with Crippen LogP contribution >= 0.6 is 11.6 Å². The number of esters is 2. The molecule has 1 saturated heterocycles. The molecule has 2 rings (SSSR count). The molecule has 6 atom stereocenters. The van der Waals surface area contributed by atoms with E-state index in [-0.39, 0.29) is 48.1 Å². The first-order chi connectivity index (χ1) is 15.3. The fourth-order valence-electron chi connectivity index (χ4n) is 4.80. The maximum Gasteiger partial charge on any atom is 0.325 e. The number of carbonyl (C=O) groups is 3. The Hall–Kier alpha value is -1.34. The number of alkyl halides is 1. The fraction of sp³-hybridized carbons (Fsp3) is 0.897. The van der Waals surface area contributed by atoms with E-state index >= 15 is 0 Å². The molecule has 0 aromatic rings. The lowest BCUT2D eigenvalue weighted by molar-refractivity contribution is -0.197. The third kappa shape index (κ3) is 10.7. The summed E-state index contributed by atoms with van der Waals surface area (Å²) in [5.41, 5.74) is -1.16. The minimum atomic E-state index is -1.93. The number of carboxylic acid groups (broad SMARTS) is 1. The third-order valence-corrected chi connectivity index (χ3v) is 7.65. The van der Waals surface area contributed by atoms with Gasteiger partial charge in [0.2, 0.25) is 6.29 Å². The highest BCUT2D eigenvalue weighted by molar-refractivity contribution is 6.34. The van der Waals surface area contributed by atoms with E-state index < -0.39 is 40.4 Å². The Morgan fingerprint density at radius 1 is 1.00 bits per heavy atom. The van der Waals surface area contributed by atoms with Crippen molar-refractivity contribution in [3.8, 4) is 0 Å². The summed E-state index contributed by atoms with van der Waals surface area (Å²) >= 11 is 6.40. The minimum absolute atomic E-state index is 0. The molecule has 0 amide bonds. The van der Waals surface area contributed by atoms with Gasteiger partial charge in [0, 0.05) is 6.42 Å². The van der Waals surface area contributed by atoms with Crippen LogP contribution in [-0.4, -0.2) is 46.9 Å². The lowest BCUT2D eigenvalue weighted by Crippen LogP contribution is -2.48. The predicted molar refractivity (Wildman–Crippen MR) is 152 cm³/mol. The van der Waals surface area contributed by atoms with Crippen LogP contribution in [-0.2, 0) is 28.6 Å². The van der Waals surface area contributed by atoms with Gasteiger partial charge in [0.15, 0.2) is 4.87 Å². The van der Waals surface area contributed by atoms with Gasteiger partial charge >= 0.3 is 17.9 Å². The van der Waals surface area contributed by atoms with Gasteiger partial charge in [-0.05, 0) is 70.6 Å². The molecule has 222 valence electrons. The number of ether oxygens (including phenoxy) is 3. The van der Waals surface area contributed by atoms with Crippen molar-refractivity contribution < 1.29 is 33.7 Å². The number of carbonyl (C=O) groups excluding carboxylic acids is 2. The van der Waals surface area contributed by atoms with Gasteiger partial charge in [-0.1, -0.05) is 56.9 Å². The van der Waals surface area contributed by atoms with E-state index in [4.69, 9.17) is 25.8 Å². The molecule has 0 spiro atoms. The largest absolute Gasteiger partial charge is 0.480 e. The summed E-state index contributed by atoms with van der Waals surface area (Å²) in [4.78, 5) is 36.4. The Morgan fingerprint density at radius 3 is 2.08 bits per heavy atom. The van der Waals surface area contributed by atoms with Crippen molar-refractivity contribution >= 4 is 29.5 Å². The maximum absolute atomic E-state index is 13.4. The molecule has 37 heavy (non-hydrogen) atoms. The minimum Gasteiger partial charge on any atom is -0.480 e. The molecule has 2 aliphatic rings. The van der Waals surface area contributed by atoms with Gasteiger partial charge in [-0.2, -0.15) is 0 Å². The van der Waals surface area contributed by atoms with Crippen LogP contribution in [0.2, 0.25) is 0 Å². The molecule has 0 aromatic heterocycles. The van der Waals surface area contributed by atoms with Gasteiger partial charge < -0.3 is 19.3 Å². The van der Waals surface area contributed by atoms with Crippen LogP contribution in [0.15, 0.2) is 0 Å². The quantitative estimate of drug-likeness (QED) is 0.231. The molecule has 0 bridgehead atoms. The Kier molecular flexibility index (Phi) is 18.0. The highest BCUT2D eigenvalue weighted by atomic mass is 35.5. The van der Waals surface area contributed by atoms with Crippen LogP contribution in [0.5, 0.6) is 0 Å². The first kappa shape index (κ1) is 40.2. The Bertz CT molecular complexity index is 698. The number of hydrogen-bond donors (Lipinski definition) is 1. The molecule has 1 saturated carbocycles. The van der Waals surface area contributed by atoms with Crippen molar-refractivity contribution in [2.24, 2.45) is 29.1 Å². The van der Waals surface area contributed by atoms with Gasteiger partial charge in [-0.3, -0.25) is 14.4 Å². The lowest BCUT2D eigenvalue weighted by Gasteiger charge is -2.39. The Labute approximate surface area is 232 Å². The summed E-state index contributed by atoms with van der Waals surface area (Å²) in [7, 11) is 0. The summed E-state index contributed by atoms with van der Waals surface area (Å²) < 4.78 is 17.0. The summed E-state index contributed by atoms with van der Waals surface area (Å²) in [6.07, 6.45) is 4.18. The number of halogens is 1. The predicted octanol–water partition coefficient (Wildman–Crippen LogP) is 7.72. The van der Waals surface area contributed by atoms with Gasteiger partial charge in [0.1, 0.15) is 6.10 Å². The van der Waals surface area contributed by atoms with E-state index in [2.05, 4.69) is 20.8 Å². The molecule has 7 nitrogen and oxygen atoms in total. The van der Waals surface area contributed by atoms with E-state index in [1.165, 1.54) is 6.92 Å². The smallest absolute Gasteiger partial charge is 0.325 e. The fourth-order valence-corrected chi connectivity index (χ4v) is 4.97. The summed E-state index contributed by atoms with van der Waals surface area (Å²) in [5.74, 6) is -2.82. The molecule has 1 N–H and O–H groups in total. The molecule has 1 aliphatic carbocycles. The normalized spacial score (nSPS) is 25.9. The van der Waals surface area contributed by atoms with Crippen LogP contribution < -0.4 is 0 Å². The monoisotopic (exact) mass is 552 g/mol. The lowest BCUT2D eigenvalue weighted by atomic mass is 9.75. The molecule has 2 fully saturated rings. The summed E-state index contributed by atoms with van der Waals surface area (Å²) in [5, 5.41) is 9.77. The second-order valence-corrected chi connectivity index (χ2v) is 11.8. The summed E-state index contributed by atoms with van der Waals surface area (Å²) in [6.45, 7) is 11.4. The highest BCUT2D eigenvalue weighted by Gasteiger charge is 2.50. The molecule has 6 unspecified atom stereocenters. The second-order valence-electron chi connectivity index (χ2n) is 11.0. The van der Waals surface area contributed by atoms with Crippen LogP contribution in [0.25, 0.3) is 0 Å². The Morgan fingerprint density at radius 2 is 1.59 bits per heavy atom. The SMILES string of the molecule is C.C.C.C.CC1CCC(C(C)C)C(OC(=O)C(CC(C)(C)C(=O)OC2CCCCO2)C(C)(Cl)C(=O)O)C1. The number of carboxylic acids is 1. The van der Waals surface area contributed by atoms with Crippen molar-refractivity contribution in [2.75, 3.05) is 6.61 Å². The number of rotatable bonds is 9. The van der Waals surface area contributed by atoms with E-state index in [0.717, 1.165) is 32.1 Å². The van der Waals surface area contributed by atoms with Crippen molar-refractivity contribution in [3.63, 3.8) is 0 Å². The van der Waals surface area contributed by atoms with Crippen molar-refractivity contribution in [2.45, 2.75) is 133 Å². The zero-order valence-corrected chi connectivity index (χ0v) is 21.7. The third-order valence-electron chi connectivity index (χ3n) is 7.23. The first-order valence-electron chi connectivity index (χ1n) is 12.2.